The van der Waals surface area contributed by atoms with E-state index >= 15 is 0 Å². The molecule has 0 aliphatic carbocycles. The SMILES string of the molecule is O=S(=O)(Cc1ccc(C(F)(F)F)cc1)NCCNc1cc(N2CCCC2)ncn1. The highest BCUT2D eigenvalue weighted by Crippen LogP contribution is 2.29. The van der Waals surface area contributed by atoms with E-state index < -0.39 is 27.5 Å². The average Bonchev–Trinajstić information content (AvgIpc) is 3.20. The fraction of sp³-hybridized carbons (Fsp3) is 0.444. The number of sulfonamides is 1. The normalized spacial score (nSPS) is 14.9. The van der Waals surface area contributed by atoms with E-state index in [0.29, 0.717) is 12.4 Å². The minimum absolute atomic E-state index is 0.117. The number of halogens is 3. The summed E-state index contributed by atoms with van der Waals surface area (Å²) in [5.41, 5.74) is -0.529. The maximum Gasteiger partial charge on any atom is 0.416 e. The van der Waals surface area contributed by atoms with Gasteiger partial charge in [0.1, 0.15) is 18.0 Å². The third kappa shape index (κ3) is 6.29. The summed E-state index contributed by atoms with van der Waals surface area (Å²) in [5.74, 6) is 1.05. The molecule has 3 rings (SSSR count). The third-order valence-corrected chi connectivity index (χ3v) is 5.83. The first kappa shape index (κ1) is 21.3. The molecule has 1 aromatic heterocycles. The van der Waals surface area contributed by atoms with E-state index in [0.717, 1.165) is 43.9 Å². The Hall–Kier alpha value is -2.40. The van der Waals surface area contributed by atoms with Crippen molar-refractivity contribution >= 4 is 21.7 Å². The van der Waals surface area contributed by atoms with Gasteiger partial charge in [0, 0.05) is 32.2 Å². The van der Waals surface area contributed by atoms with Gasteiger partial charge in [0.25, 0.3) is 0 Å². The van der Waals surface area contributed by atoms with E-state index in [1.807, 2.05) is 6.07 Å². The quantitative estimate of drug-likeness (QED) is 0.628. The topological polar surface area (TPSA) is 87.2 Å². The largest absolute Gasteiger partial charge is 0.416 e. The molecule has 158 valence electrons. The van der Waals surface area contributed by atoms with Crippen LogP contribution in [0, 0.1) is 0 Å². The summed E-state index contributed by atoms with van der Waals surface area (Å²) in [5, 5.41) is 3.04. The lowest BCUT2D eigenvalue weighted by Gasteiger charge is -2.16. The van der Waals surface area contributed by atoms with Gasteiger partial charge in [-0.05, 0) is 30.5 Å². The Labute approximate surface area is 167 Å². The van der Waals surface area contributed by atoms with Crippen molar-refractivity contribution in [3.63, 3.8) is 0 Å². The van der Waals surface area contributed by atoms with E-state index in [2.05, 4.69) is 24.9 Å². The molecule has 0 unspecified atom stereocenters. The van der Waals surface area contributed by atoms with Crippen LogP contribution in [0.3, 0.4) is 0 Å². The van der Waals surface area contributed by atoms with Crippen molar-refractivity contribution < 1.29 is 21.6 Å². The van der Waals surface area contributed by atoms with Crippen LogP contribution in [0.25, 0.3) is 0 Å². The fourth-order valence-corrected chi connectivity index (χ4v) is 4.17. The van der Waals surface area contributed by atoms with Crippen LogP contribution in [-0.2, 0) is 22.0 Å². The zero-order chi connectivity index (χ0) is 20.9. The molecule has 1 aromatic carbocycles. The molecular formula is C18H22F3N5O2S. The van der Waals surface area contributed by atoms with Crippen molar-refractivity contribution in [2.24, 2.45) is 0 Å². The highest BCUT2D eigenvalue weighted by molar-refractivity contribution is 7.88. The number of hydrogen-bond donors (Lipinski definition) is 2. The van der Waals surface area contributed by atoms with E-state index in [1.165, 1.54) is 18.5 Å². The van der Waals surface area contributed by atoms with Crippen LogP contribution in [0.15, 0.2) is 36.7 Å². The minimum atomic E-state index is -4.45. The Bertz CT molecular complexity index is 914. The van der Waals surface area contributed by atoms with Gasteiger partial charge in [-0.1, -0.05) is 12.1 Å². The number of anilines is 2. The van der Waals surface area contributed by atoms with Crippen molar-refractivity contribution in [2.45, 2.75) is 24.8 Å². The van der Waals surface area contributed by atoms with Crippen molar-refractivity contribution in [3.8, 4) is 0 Å². The summed E-state index contributed by atoms with van der Waals surface area (Å²) in [6, 6.07) is 5.91. The maximum atomic E-state index is 12.6. The molecule has 1 saturated heterocycles. The molecule has 7 nitrogen and oxygen atoms in total. The molecule has 1 aliphatic heterocycles. The standard InChI is InChI=1S/C18H22F3N5O2S/c19-18(20,21)15-5-3-14(4-6-15)12-29(27,28)25-8-7-22-16-11-17(24-13-23-16)26-9-1-2-10-26/h3-6,11,13,25H,1-2,7-10,12H2,(H,22,23,24). The van der Waals surface area contributed by atoms with Gasteiger partial charge < -0.3 is 10.2 Å². The predicted molar refractivity (Wildman–Crippen MR) is 104 cm³/mol. The first-order valence-corrected chi connectivity index (χ1v) is 10.8. The molecule has 0 radical (unpaired) electrons. The van der Waals surface area contributed by atoms with Gasteiger partial charge in [-0.2, -0.15) is 13.2 Å². The molecule has 0 amide bonds. The number of aromatic nitrogens is 2. The summed E-state index contributed by atoms with van der Waals surface area (Å²) in [6.45, 7) is 2.34. The molecule has 0 atom stereocenters. The van der Waals surface area contributed by atoms with Crippen LogP contribution >= 0.6 is 0 Å². The summed E-state index contributed by atoms with van der Waals surface area (Å²) in [7, 11) is -3.67. The molecule has 2 heterocycles. The van der Waals surface area contributed by atoms with Crippen LogP contribution in [0.4, 0.5) is 24.8 Å². The number of rotatable bonds is 8. The first-order chi connectivity index (χ1) is 13.7. The Morgan fingerprint density at radius 1 is 1.03 bits per heavy atom. The van der Waals surface area contributed by atoms with Crippen molar-refractivity contribution in [1.29, 1.82) is 0 Å². The zero-order valence-electron chi connectivity index (χ0n) is 15.6. The number of nitrogens with zero attached hydrogens (tertiary/aromatic N) is 3. The second kappa shape index (κ2) is 8.95. The Morgan fingerprint density at radius 3 is 2.38 bits per heavy atom. The first-order valence-electron chi connectivity index (χ1n) is 9.17. The second-order valence-electron chi connectivity index (χ2n) is 6.73. The molecule has 0 saturated carbocycles. The lowest BCUT2D eigenvalue weighted by molar-refractivity contribution is -0.137. The summed E-state index contributed by atoms with van der Waals surface area (Å²) in [4.78, 5) is 10.5. The van der Waals surface area contributed by atoms with E-state index in [9.17, 15) is 21.6 Å². The lowest BCUT2D eigenvalue weighted by atomic mass is 10.1. The van der Waals surface area contributed by atoms with Crippen LogP contribution < -0.4 is 14.9 Å². The number of nitrogens with one attached hydrogen (secondary N) is 2. The van der Waals surface area contributed by atoms with Gasteiger partial charge >= 0.3 is 6.18 Å². The molecule has 29 heavy (non-hydrogen) atoms. The van der Waals surface area contributed by atoms with Crippen LogP contribution in [0.2, 0.25) is 0 Å². The highest BCUT2D eigenvalue weighted by Gasteiger charge is 2.30. The second-order valence-corrected chi connectivity index (χ2v) is 8.54. The van der Waals surface area contributed by atoms with E-state index in [1.54, 1.807) is 0 Å². The van der Waals surface area contributed by atoms with Gasteiger partial charge in [0.05, 0.1) is 11.3 Å². The fourth-order valence-electron chi connectivity index (χ4n) is 3.02. The molecule has 11 heteroatoms. The van der Waals surface area contributed by atoms with E-state index in [4.69, 9.17) is 0 Å². The van der Waals surface area contributed by atoms with Crippen molar-refractivity contribution in [1.82, 2.24) is 14.7 Å². The monoisotopic (exact) mass is 429 g/mol. The number of alkyl halides is 3. The molecule has 2 N–H and O–H groups in total. The molecular weight excluding hydrogens is 407 g/mol. The van der Waals surface area contributed by atoms with Gasteiger partial charge in [-0.25, -0.2) is 23.1 Å². The number of benzene rings is 1. The Balaban J connectivity index is 1.46. The van der Waals surface area contributed by atoms with Crippen LogP contribution in [0.5, 0.6) is 0 Å². The van der Waals surface area contributed by atoms with Gasteiger partial charge in [0.2, 0.25) is 10.0 Å². The Kier molecular flexibility index (Phi) is 6.58. The summed E-state index contributed by atoms with van der Waals surface area (Å²) >= 11 is 0. The van der Waals surface area contributed by atoms with Crippen LogP contribution in [-0.4, -0.2) is 44.6 Å². The van der Waals surface area contributed by atoms with Crippen LogP contribution in [0.1, 0.15) is 24.0 Å². The van der Waals surface area contributed by atoms with Gasteiger partial charge in [-0.15, -0.1) is 0 Å². The van der Waals surface area contributed by atoms with Crippen molar-refractivity contribution in [3.05, 3.63) is 47.8 Å². The average molecular weight is 429 g/mol. The number of hydrogen-bond acceptors (Lipinski definition) is 6. The summed E-state index contributed by atoms with van der Waals surface area (Å²) < 4.78 is 64.4. The zero-order valence-corrected chi connectivity index (χ0v) is 16.4. The molecule has 0 bridgehead atoms. The molecule has 1 aliphatic rings. The van der Waals surface area contributed by atoms with Crippen molar-refractivity contribution in [2.75, 3.05) is 36.4 Å². The minimum Gasteiger partial charge on any atom is -0.369 e. The van der Waals surface area contributed by atoms with Gasteiger partial charge in [0.15, 0.2) is 0 Å². The highest BCUT2D eigenvalue weighted by atomic mass is 32.2. The Morgan fingerprint density at radius 2 is 1.72 bits per heavy atom. The summed E-state index contributed by atoms with van der Waals surface area (Å²) in [6.07, 6.45) is -0.720. The molecule has 2 aromatic rings. The third-order valence-electron chi connectivity index (χ3n) is 4.47. The predicted octanol–water partition coefficient (Wildman–Crippen LogP) is 2.63. The smallest absolute Gasteiger partial charge is 0.369 e. The lowest BCUT2D eigenvalue weighted by Crippen LogP contribution is -2.30. The maximum absolute atomic E-state index is 12.6. The molecule has 0 spiro atoms. The molecule has 1 fully saturated rings. The van der Waals surface area contributed by atoms with Gasteiger partial charge in [-0.3, -0.25) is 0 Å². The van der Waals surface area contributed by atoms with E-state index in [-0.39, 0.29) is 12.1 Å².